The average Bonchev–Trinajstić information content (AvgIpc) is 2.26. The summed E-state index contributed by atoms with van der Waals surface area (Å²) in [5.74, 6) is 0.373. The molecule has 0 radical (unpaired) electrons. The molecule has 0 aromatic heterocycles. The molecule has 0 fully saturated rings. The third kappa shape index (κ3) is 4.33. The van der Waals surface area contributed by atoms with Gasteiger partial charge < -0.3 is 0 Å². The van der Waals surface area contributed by atoms with Crippen LogP contribution in [-0.2, 0) is 0 Å². The summed E-state index contributed by atoms with van der Waals surface area (Å²) in [6.07, 6.45) is 4.97. The van der Waals surface area contributed by atoms with Crippen molar-refractivity contribution < 1.29 is 4.39 Å². The van der Waals surface area contributed by atoms with Crippen molar-refractivity contribution in [2.75, 3.05) is 5.33 Å². The quantitative estimate of drug-likeness (QED) is 0.511. The van der Waals surface area contributed by atoms with E-state index in [0.29, 0.717) is 5.92 Å². The normalized spacial score (nSPS) is 12.7. The second-order valence-corrected chi connectivity index (χ2v) is 4.55. The van der Waals surface area contributed by atoms with Gasteiger partial charge in [-0.2, -0.15) is 0 Å². The molecular formula is C13H18BrF. The van der Waals surface area contributed by atoms with Crippen molar-refractivity contribution in [1.29, 1.82) is 0 Å². The van der Waals surface area contributed by atoms with Crippen LogP contribution in [0.3, 0.4) is 0 Å². The highest BCUT2D eigenvalue weighted by Gasteiger charge is 2.09. The number of rotatable bonds is 6. The van der Waals surface area contributed by atoms with Gasteiger partial charge in [-0.3, -0.25) is 0 Å². The van der Waals surface area contributed by atoms with Crippen molar-refractivity contribution in [3.63, 3.8) is 0 Å². The standard InChI is InChI=1S/C13H18BrF/c1-2-3-4-5-12(10-14)11-6-8-13(15)9-7-11/h6-9,12H,2-5,10H2,1H3. The highest BCUT2D eigenvalue weighted by atomic mass is 79.9. The molecule has 1 rings (SSSR count). The highest BCUT2D eigenvalue weighted by molar-refractivity contribution is 9.09. The first-order chi connectivity index (χ1) is 7.27. The number of alkyl halides is 1. The maximum atomic E-state index is 12.7. The molecule has 1 atom stereocenters. The number of hydrogen-bond donors (Lipinski definition) is 0. The summed E-state index contributed by atoms with van der Waals surface area (Å²) < 4.78 is 12.7. The Bertz CT molecular complexity index is 268. The van der Waals surface area contributed by atoms with Crippen LogP contribution in [0.4, 0.5) is 4.39 Å². The van der Waals surface area contributed by atoms with E-state index in [0.717, 1.165) is 5.33 Å². The van der Waals surface area contributed by atoms with E-state index in [2.05, 4.69) is 22.9 Å². The molecule has 0 N–H and O–H groups in total. The highest BCUT2D eigenvalue weighted by Crippen LogP contribution is 2.24. The van der Waals surface area contributed by atoms with E-state index in [4.69, 9.17) is 0 Å². The Morgan fingerprint density at radius 1 is 1.20 bits per heavy atom. The molecule has 84 valence electrons. The number of unbranched alkanes of at least 4 members (excludes halogenated alkanes) is 2. The summed E-state index contributed by atoms with van der Waals surface area (Å²) in [4.78, 5) is 0. The van der Waals surface area contributed by atoms with E-state index < -0.39 is 0 Å². The fraction of sp³-hybridized carbons (Fsp3) is 0.538. The minimum absolute atomic E-state index is 0.152. The zero-order chi connectivity index (χ0) is 11.1. The minimum atomic E-state index is -0.152. The van der Waals surface area contributed by atoms with Gasteiger partial charge in [0.2, 0.25) is 0 Å². The van der Waals surface area contributed by atoms with E-state index in [1.165, 1.54) is 31.2 Å². The van der Waals surface area contributed by atoms with E-state index in [9.17, 15) is 4.39 Å². The third-order valence-corrected chi connectivity index (χ3v) is 3.47. The third-order valence-electron chi connectivity index (χ3n) is 2.68. The largest absolute Gasteiger partial charge is 0.207 e. The SMILES string of the molecule is CCCCCC(CBr)c1ccc(F)cc1. The molecule has 1 unspecified atom stereocenters. The molecule has 0 bridgehead atoms. The summed E-state index contributed by atoms with van der Waals surface area (Å²) in [5.41, 5.74) is 1.24. The van der Waals surface area contributed by atoms with Gasteiger partial charge in [-0.15, -0.1) is 0 Å². The average molecular weight is 273 g/mol. The molecule has 0 aliphatic carbocycles. The zero-order valence-electron chi connectivity index (χ0n) is 9.18. The van der Waals surface area contributed by atoms with Crippen LogP contribution in [0, 0.1) is 5.82 Å². The molecule has 0 amide bonds. The lowest BCUT2D eigenvalue weighted by molar-refractivity contribution is 0.599. The molecule has 1 aromatic rings. The Morgan fingerprint density at radius 3 is 2.40 bits per heavy atom. The second kappa shape index (κ2) is 7.00. The molecule has 0 saturated carbocycles. The maximum Gasteiger partial charge on any atom is 0.123 e. The molecule has 0 spiro atoms. The second-order valence-electron chi connectivity index (χ2n) is 3.90. The lowest BCUT2D eigenvalue weighted by atomic mass is 9.95. The van der Waals surface area contributed by atoms with Crippen molar-refractivity contribution in [2.24, 2.45) is 0 Å². The van der Waals surface area contributed by atoms with Crippen LogP contribution in [0.1, 0.15) is 44.1 Å². The minimum Gasteiger partial charge on any atom is -0.207 e. The van der Waals surface area contributed by atoms with E-state index in [-0.39, 0.29) is 5.82 Å². The first-order valence-corrected chi connectivity index (χ1v) is 6.71. The molecule has 0 saturated heterocycles. The molecule has 0 heterocycles. The van der Waals surface area contributed by atoms with Crippen LogP contribution in [-0.4, -0.2) is 5.33 Å². The van der Waals surface area contributed by atoms with Crippen molar-refractivity contribution >= 4 is 15.9 Å². The Kier molecular flexibility index (Phi) is 5.92. The van der Waals surface area contributed by atoms with Crippen molar-refractivity contribution in [1.82, 2.24) is 0 Å². The maximum absolute atomic E-state index is 12.7. The van der Waals surface area contributed by atoms with Gasteiger partial charge in [0.25, 0.3) is 0 Å². The van der Waals surface area contributed by atoms with Gasteiger partial charge in [0, 0.05) is 5.33 Å². The molecular weight excluding hydrogens is 255 g/mol. The van der Waals surface area contributed by atoms with Gasteiger partial charge in [-0.1, -0.05) is 54.2 Å². The summed E-state index contributed by atoms with van der Waals surface area (Å²) in [6, 6.07) is 6.88. The zero-order valence-corrected chi connectivity index (χ0v) is 10.8. The number of hydrogen-bond acceptors (Lipinski definition) is 0. The summed E-state index contributed by atoms with van der Waals surface area (Å²) in [5, 5.41) is 0.961. The Morgan fingerprint density at radius 2 is 1.87 bits per heavy atom. The van der Waals surface area contributed by atoms with Crippen LogP contribution < -0.4 is 0 Å². The van der Waals surface area contributed by atoms with Gasteiger partial charge in [0.05, 0.1) is 0 Å². The van der Waals surface area contributed by atoms with Gasteiger partial charge in [0.15, 0.2) is 0 Å². The molecule has 2 heteroatoms. The van der Waals surface area contributed by atoms with E-state index >= 15 is 0 Å². The van der Waals surface area contributed by atoms with Crippen LogP contribution in [0.25, 0.3) is 0 Å². The number of benzene rings is 1. The summed E-state index contributed by atoms with van der Waals surface area (Å²) in [6.45, 7) is 2.21. The molecule has 15 heavy (non-hydrogen) atoms. The summed E-state index contributed by atoms with van der Waals surface area (Å²) >= 11 is 3.53. The van der Waals surface area contributed by atoms with Crippen LogP contribution in [0.2, 0.25) is 0 Å². The summed E-state index contributed by atoms with van der Waals surface area (Å²) in [7, 11) is 0. The van der Waals surface area contributed by atoms with Gasteiger partial charge >= 0.3 is 0 Å². The van der Waals surface area contributed by atoms with E-state index in [1.807, 2.05) is 12.1 Å². The predicted molar refractivity (Wildman–Crippen MR) is 67.1 cm³/mol. The molecule has 0 aliphatic rings. The number of halogens is 2. The lowest BCUT2D eigenvalue weighted by Gasteiger charge is -2.14. The Hall–Kier alpha value is -0.370. The van der Waals surface area contributed by atoms with Crippen LogP contribution in [0.15, 0.2) is 24.3 Å². The Labute approximate surface area is 100 Å². The first kappa shape index (κ1) is 12.7. The first-order valence-electron chi connectivity index (χ1n) is 5.59. The van der Waals surface area contributed by atoms with Crippen LogP contribution in [0.5, 0.6) is 0 Å². The Balaban J connectivity index is 2.53. The van der Waals surface area contributed by atoms with Gasteiger partial charge in [-0.25, -0.2) is 4.39 Å². The molecule has 1 aromatic carbocycles. The van der Waals surface area contributed by atoms with Gasteiger partial charge in [-0.05, 0) is 30.0 Å². The van der Waals surface area contributed by atoms with E-state index in [1.54, 1.807) is 12.1 Å². The van der Waals surface area contributed by atoms with Gasteiger partial charge in [0.1, 0.15) is 5.82 Å². The van der Waals surface area contributed by atoms with Crippen molar-refractivity contribution in [3.8, 4) is 0 Å². The smallest absolute Gasteiger partial charge is 0.123 e. The fourth-order valence-corrected chi connectivity index (χ4v) is 2.41. The molecule has 0 aliphatic heterocycles. The van der Waals surface area contributed by atoms with Crippen molar-refractivity contribution in [2.45, 2.75) is 38.5 Å². The molecule has 0 nitrogen and oxygen atoms in total. The topological polar surface area (TPSA) is 0 Å². The van der Waals surface area contributed by atoms with Crippen molar-refractivity contribution in [3.05, 3.63) is 35.6 Å². The van der Waals surface area contributed by atoms with Crippen LogP contribution >= 0.6 is 15.9 Å². The predicted octanol–water partition coefficient (Wildman–Crippen LogP) is 4.88. The fourth-order valence-electron chi connectivity index (χ4n) is 1.71. The monoisotopic (exact) mass is 272 g/mol. The lowest BCUT2D eigenvalue weighted by Crippen LogP contribution is -2.00.